The van der Waals surface area contributed by atoms with Gasteiger partial charge in [-0.05, 0) is 58.6 Å². The van der Waals surface area contributed by atoms with E-state index in [1.807, 2.05) is 12.2 Å². The lowest BCUT2D eigenvalue weighted by atomic mass is 9.90. The highest BCUT2D eigenvalue weighted by Crippen LogP contribution is 2.25. The highest BCUT2D eigenvalue weighted by Gasteiger charge is 2.08. The first kappa shape index (κ1) is 26.5. The first-order valence-corrected chi connectivity index (χ1v) is 10.4. The van der Waals surface area contributed by atoms with Crippen LogP contribution in [0.1, 0.15) is 53.4 Å². The number of allylic oxidation sites excluding steroid dienone is 11. The minimum atomic E-state index is -0.0137. The summed E-state index contributed by atoms with van der Waals surface area (Å²) in [6.45, 7) is 32.9. The summed E-state index contributed by atoms with van der Waals surface area (Å²) in [7, 11) is 0. The third-order valence-corrected chi connectivity index (χ3v) is 5.31. The van der Waals surface area contributed by atoms with E-state index < -0.39 is 0 Å². The zero-order chi connectivity index (χ0) is 22.6. The molecule has 2 unspecified atom stereocenters. The molecular weight excluding hydrogens is 352 g/mol. The van der Waals surface area contributed by atoms with Crippen molar-refractivity contribution in [1.29, 1.82) is 0 Å². The minimum Gasteiger partial charge on any atom is -0.509 e. The fourth-order valence-electron chi connectivity index (χ4n) is 2.61. The molecule has 0 aliphatic rings. The normalized spacial score (nSPS) is 14.0. The summed E-state index contributed by atoms with van der Waals surface area (Å²) in [6, 6.07) is 0. The van der Waals surface area contributed by atoms with E-state index in [4.69, 9.17) is 0 Å². The van der Waals surface area contributed by atoms with Crippen molar-refractivity contribution in [2.45, 2.75) is 53.4 Å². The van der Waals surface area contributed by atoms with E-state index in [1.165, 1.54) is 18.9 Å². The molecule has 0 amide bonds. The number of aliphatic hydroxyl groups excluding tert-OH is 1. The van der Waals surface area contributed by atoms with E-state index in [0.29, 0.717) is 11.5 Å². The molecule has 0 spiro atoms. The molecule has 0 aliphatic heterocycles. The fraction of sp³-hybridized carbons (Fsp3) is 0.357. The monoisotopic (exact) mass is 392 g/mol. The number of hydrogen-bond acceptors (Lipinski definition) is 1. The molecule has 1 N–H and O–H groups in total. The van der Waals surface area contributed by atoms with Gasteiger partial charge in [0.2, 0.25) is 0 Å². The van der Waals surface area contributed by atoms with Crippen molar-refractivity contribution in [3.8, 4) is 0 Å². The summed E-state index contributed by atoms with van der Waals surface area (Å²) in [5.41, 5.74) is 5.40. The van der Waals surface area contributed by atoms with Gasteiger partial charge >= 0.3 is 0 Å². The maximum Gasteiger partial charge on any atom is 0.108 e. The maximum atomic E-state index is 9.18. The van der Waals surface area contributed by atoms with Crippen molar-refractivity contribution in [2.24, 2.45) is 11.8 Å². The molecule has 0 aromatic heterocycles. The Labute approximate surface area is 179 Å². The van der Waals surface area contributed by atoms with Crippen LogP contribution in [0.4, 0.5) is 0 Å². The second-order valence-electron chi connectivity index (χ2n) is 7.80. The van der Waals surface area contributed by atoms with Gasteiger partial charge in [-0.3, -0.25) is 0 Å². The molecule has 0 radical (unpaired) electrons. The molecular formula is C28H40O. The van der Waals surface area contributed by atoms with Crippen molar-refractivity contribution in [2.75, 3.05) is 0 Å². The molecule has 0 heterocycles. The largest absolute Gasteiger partial charge is 0.509 e. The zero-order valence-corrected chi connectivity index (χ0v) is 19.1. The highest BCUT2D eigenvalue weighted by atomic mass is 16.3. The highest BCUT2D eigenvalue weighted by molar-refractivity contribution is 5.54. The first-order chi connectivity index (χ1) is 13.5. The molecule has 29 heavy (non-hydrogen) atoms. The molecule has 0 aromatic carbocycles. The van der Waals surface area contributed by atoms with Gasteiger partial charge in [-0.25, -0.2) is 0 Å². The average molecular weight is 393 g/mol. The van der Waals surface area contributed by atoms with Crippen LogP contribution in [-0.4, -0.2) is 5.11 Å². The van der Waals surface area contributed by atoms with Crippen LogP contribution in [0.5, 0.6) is 0 Å². The van der Waals surface area contributed by atoms with Crippen LogP contribution in [0, 0.1) is 11.8 Å². The van der Waals surface area contributed by atoms with E-state index in [0.717, 1.165) is 46.6 Å². The van der Waals surface area contributed by atoms with Crippen molar-refractivity contribution in [3.63, 3.8) is 0 Å². The molecule has 1 nitrogen and oxygen atoms in total. The summed E-state index contributed by atoms with van der Waals surface area (Å²) in [4.78, 5) is 0. The van der Waals surface area contributed by atoms with Crippen LogP contribution in [0.25, 0.3) is 0 Å². The van der Waals surface area contributed by atoms with Crippen LogP contribution in [-0.2, 0) is 0 Å². The van der Waals surface area contributed by atoms with Gasteiger partial charge in [0.1, 0.15) is 5.76 Å². The molecule has 2 atom stereocenters. The first-order valence-electron chi connectivity index (χ1n) is 10.4. The Hall–Kier alpha value is -2.54. The van der Waals surface area contributed by atoms with Gasteiger partial charge in [0.05, 0.1) is 0 Å². The summed E-state index contributed by atoms with van der Waals surface area (Å²) >= 11 is 0. The predicted molar refractivity (Wildman–Crippen MR) is 132 cm³/mol. The lowest BCUT2D eigenvalue weighted by Gasteiger charge is -2.15. The Balaban J connectivity index is 5.05. The van der Waals surface area contributed by atoms with Crippen LogP contribution < -0.4 is 0 Å². The second-order valence-corrected chi connectivity index (χ2v) is 7.80. The molecule has 0 saturated heterocycles. The molecule has 1 heteroatoms. The molecule has 0 fully saturated rings. The third-order valence-electron chi connectivity index (χ3n) is 5.31. The van der Waals surface area contributed by atoms with Gasteiger partial charge in [-0.15, -0.1) is 0 Å². The summed E-state index contributed by atoms with van der Waals surface area (Å²) in [5.74, 6) is 1.20. The molecule has 0 saturated carbocycles. The Kier molecular flexibility index (Phi) is 12.4. The van der Waals surface area contributed by atoms with E-state index in [-0.39, 0.29) is 5.76 Å². The van der Waals surface area contributed by atoms with Crippen LogP contribution >= 0.6 is 0 Å². The Morgan fingerprint density at radius 2 is 1.38 bits per heavy atom. The predicted octanol–water partition coefficient (Wildman–Crippen LogP) is 8.75. The molecule has 0 aliphatic carbocycles. The summed E-state index contributed by atoms with van der Waals surface area (Å²) in [6.07, 6.45) is 13.6. The quantitative estimate of drug-likeness (QED) is 0.231. The number of rotatable bonds is 14. The number of hydrogen-bond donors (Lipinski definition) is 1. The molecule has 0 bridgehead atoms. The summed E-state index contributed by atoms with van der Waals surface area (Å²) < 4.78 is 0. The standard InChI is InChI=1S/C28H40O/c1-11-20(3)13-14-21(4)22(5)15-16-24(7)27(10)28(12-2)19-25(8)23(6)17-18-26(9)29/h15-21,29H,5-14H2,1-4H3/b16-15-,18-17-,28-19-. The molecule has 0 rings (SSSR count). The van der Waals surface area contributed by atoms with Gasteiger partial charge < -0.3 is 5.11 Å². The topological polar surface area (TPSA) is 20.2 Å². The van der Waals surface area contributed by atoms with Crippen molar-refractivity contribution in [3.05, 3.63) is 109 Å². The lowest BCUT2D eigenvalue weighted by molar-refractivity contribution is 0.435. The van der Waals surface area contributed by atoms with Crippen molar-refractivity contribution >= 4 is 0 Å². The van der Waals surface area contributed by atoms with Gasteiger partial charge in [0.15, 0.2) is 0 Å². The van der Waals surface area contributed by atoms with Gasteiger partial charge in [0, 0.05) is 0 Å². The van der Waals surface area contributed by atoms with E-state index in [9.17, 15) is 5.11 Å². The van der Waals surface area contributed by atoms with E-state index >= 15 is 0 Å². The smallest absolute Gasteiger partial charge is 0.108 e. The van der Waals surface area contributed by atoms with Gasteiger partial charge in [-0.2, -0.15) is 0 Å². The fourth-order valence-corrected chi connectivity index (χ4v) is 2.61. The van der Waals surface area contributed by atoms with E-state index in [1.54, 1.807) is 6.08 Å². The Bertz CT molecular complexity index is 736. The van der Waals surface area contributed by atoms with Crippen LogP contribution in [0.2, 0.25) is 0 Å². The lowest BCUT2D eigenvalue weighted by Crippen LogP contribution is -2.01. The second kappa shape index (κ2) is 13.6. The Morgan fingerprint density at radius 1 is 0.793 bits per heavy atom. The van der Waals surface area contributed by atoms with Crippen molar-refractivity contribution in [1.82, 2.24) is 0 Å². The molecule has 158 valence electrons. The van der Waals surface area contributed by atoms with Crippen LogP contribution in [0.15, 0.2) is 109 Å². The average Bonchev–Trinajstić information content (AvgIpc) is 2.70. The van der Waals surface area contributed by atoms with Crippen LogP contribution in [0.3, 0.4) is 0 Å². The SMILES string of the molecule is C=C(O)/C=C\C(=C)C(=C)/C=C(/CC)C(=C)C(=C)/C=C\C(=C)C(C)CCC(C)CC. The molecule has 0 aromatic rings. The number of aliphatic hydroxyl groups is 1. The zero-order valence-electron chi connectivity index (χ0n) is 19.1. The maximum absolute atomic E-state index is 9.18. The van der Waals surface area contributed by atoms with Gasteiger partial charge in [0.25, 0.3) is 0 Å². The van der Waals surface area contributed by atoms with Crippen molar-refractivity contribution < 1.29 is 5.11 Å². The van der Waals surface area contributed by atoms with E-state index in [2.05, 4.69) is 73.2 Å². The van der Waals surface area contributed by atoms with Gasteiger partial charge in [-0.1, -0.05) is 110 Å². The summed E-state index contributed by atoms with van der Waals surface area (Å²) in [5, 5.41) is 9.18. The third kappa shape index (κ3) is 10.5. The minimum absolute atomic E-state index is 0.0137. The Morgan fingerprint density at radius 3 is 1.90 bits per heavy atom.